The normalized spacial score (nSPS) is 19.5. The summed E-state index contributed by atoms with van der Waals surface area (Å²) in [6, 6.07) is 0.584. The summed E-state index contributed by atoms with van der Waals surface area (Å²) in [5, 5.41) is 3.34. The van der Waals surface area contributed by atoms with Gasteiger partial charge in [-0.25, -0.2) is 0 Å². The van der Waals surface area contributed by atoms with Crippen LogP contribution >= 0.6 is 0 Å². The predicted octanol–water partition coefficient (Wildman–Crippen LogP) is 0.700. The molecule has 1 aliphatic rings. The highest BCUT2D eigenvalue weighted by atomic mass is 16.5. The first kappa shape index (κ1) is 10.2. The van der Waals surface area contributed by atoms with Crippen molar-refractivity contribution in [2.24, 2.45) is 0 Å². The minimum Gasteiger partial charge on any atom is -0.481 e. The van der Waals surface area contributed by atoms with Gasteiger partial charge in [-0.2, -0.15) is 9.97 Å². The lowest BCUT2D eigenvalue weighted by Gasteiger charge is -2.23. The van der Waals surface area contributed by atoms with Crippen LogP contribution in [-0.2, 0) is 6.42 Å². The standard InChI is InChI=1S/C10H15N3O2/c1-6-8-7(4-5-11-6)9(14-2)13-10(12-8)15-3/h6,11H,4-5H2,1-3H3. The molecule has 5 nitrogen and oxygen atoms in total. The molecule has 0 aromatic carbocycles. The van der Waals surface area contributed by atoms with Gasteiger partial charge in [0.1, 0.15) is 0 Å². The van der Waals surface area contributed by atoms with Crippen molar-refractivity contribution in [1.82, 2.24) is 15.3 Å². The SMILES string of the molecule is COc1nc(OC)c2c(n1)C(C)NCC2. The summed E-state index contributed by atoms with van der Waals surface area (Å²) in [6.45, 7) is 3.00. The molecule has 2 heterocycles. The van der Waals surface area contributed by atoms with Gasteiger partial charge in [-0.3, -0.25) is 0 Å². The summed E-state index contributed by atoms with van der Waals surface area (Å²) in [5.41, 5.74) is 2.06. The van der Waals surface area contributed by atoms with Crippen molar-refractivity contribution in [2.45, 2.75) is 19.4 Å². The van der Waals surface area contributed by atoms with E-state index in [0.29, 0.717) is 11.9 Å². The average Bonchev–Trinajstić information content (AvgIpc) is 2.28. The molecule has 1 aromatic rings. The number of ether oxygens (including phenoxy) is 2. The Kier molecular flexibility index (Phi) is 2.73. The molecule has 0 radical (unpaired) electrons. The first-order valence-corrected chi connectivity index (χ1v) is 4.98. The highest BCUT2D eigenvalue weighted by Crippen LogP contribution is 2.28. The molecule has 0 bridgehead atoms. The summed E-state index contributed by atoms with van der Waals surface area (Å²) in [6.07, 6.45) is 0.896. The highest BCUT2D eigenvalue weighted by Gasteiger charge is 2.23. The quantitative estimate of drug-likeness (QED) is 0.777. The molecule has 0 aliphatic carbocycles. The van der Waals surface area contributed by atoms with E-state index >= 15 is 0 Å². The largest absolute Gasteiger partial charge is 0.481 e. The number of aromatic nitrogens is 2. The maximum atomic E-state index is 5.24. The van der Waals surface area contributed by atoms with Gasteiger partial charge >= 0.3 is 6.01 Å². The van der Waals surface area contributed by atoms with E-state index in [-0.39, 0.29) is 6.04 Å². The van der Waals surface area contributed by atoms with E-state index in [1.54, 1.807) is 14.2 Å². The van der Waals surface area contributed by atoms with Gasteiger partial charge in [0.15, 0.2) is 0 Å². The fourth-order valence-electron chi connectivity index (χ4n) is 1.82. The van der Waals surface area contributed by atoms with Crippen molar-refractivity contribution < 1.29 is 9.47 Å². The first-order chi connectivity index (χ1) is 7.26. The molecule has 1 N–H and O–H groups in total. The van der Waals surface area contributed by atoms with Crippen LogP contribution in [0.25, 0.3) is 0 Å². The maximum Gasteiger partial charge on any atom is 0.319 e. The van der Waals surface area contributed by atoms with Crippen molar-refractivity contribution in [2.75, 3.05) is 20.8 Å². The van der Waals surface area contributed by atoms with E-state index in [9.17, 15) is 0 Å². The van der Waals surface area contributed by atoms with E-state index in [1.807, 2.05) is 0 Å². The molecular weight excluding hydrogens is 194 g/mol. The number of nitrogens with zero attached hydrogens (tertiary/aromatic N) is 2. The Bertz CT molecular complexity index is 368. The Labute approximate surface area is 88.8 Å². The number of methoxy groups -OCH3 is 2. The van der Waals surface area contributed by atoms with E-state index in [2.05, 4.69) is 22.2 Å². The zero-order valence-corrected chi connectivity index (χ0v) is 9.20. The van der Waals surface area contributed by atoms with Crippen LogP contribution in [0.1, 0.15) is 24.2 Å². The fourth-order valence-corrected chi connectivity index (χ4v) is 1.82. The zero-order chi connectivity index (χ0) is 10.8. The predicted molar refractivity (Wildman–Crippen MR) is 55.3 cm³/mol. The molecule has 1 aromatic heterocycles. The van der Waals surface area contributed by atoms with Gasteiger partial charge in [0.2, 0.25) is 5.88 Å². The molecule has 0 amide bonds. The van der Waals surface area contributed by atoms with Gasteiger partial charge < -0.3 is 14.8 Å². The minimum atomic E-state index is 0.222. The van der Waals surface area contributed by atoms with Crippen LogP contribution in [0.4, 0.5) is 0 Å². The molecule has 0 spiro atoms. The van der Waals surface area contributed by atoms with E-state index in [1.165, 1.54) is 0 Å². The van der Waals surface area contributed by atoms with Crippen LogP contribution in [0.5, 0.6) is 11.9 Å². The first-order valence-electron chi connectivity index (χ1n) is 4.98. The molecule has 0 saturated carbocycles. The maximum absolute atomic E-state index is 5.24. The Morgan fingerprint density at radius 1 is 1.27 bits per heavy atom. The second-order valence-electron chi connectivity index (χ2n) is 3.51. The van der Waals surface area contributed by atoms with Gasteiger partial charge in [0.25, 0.3) is 0 Å². The van der Waals surface area contributed by atoms with Gasteiger partial charge in [0.05, 0.1) is 19.9 Å². The Balaban J connectivity index is 2.52. The van der Waals surface area contributed by atoms with Gasteiger partial charge in [-0.05, 0) is 13.3 Å². The van der Waals surface area contributed by atoms with E-state index < -0.39 is 0 Å². The average molecular weight is 209 g/mol. The number of fused-ring (bicyclic) bond motifs is 1. The molecular formula is C10H15N3O2. The molecule has 0 saturated heterocycles. The number of nitrogens with one attached hydrogen (secondary N) is 1. The lowest BCUT2D eigenvalue weighted by molar-refractivity contribution is 0.339. The van der Waals surface area contributed by atoms with Crippen molar-refractivity contribution in [3.05, 3.63) is 11.3 Å². The molecule has 82 valence electrons. The smallest absolute Gasteiger partial charge is 0.319 e. The number of rotatable bonds is 2. The third kappa shape index (κ3) is 1.74. The third-order valence-corrected chi connectivity index (χ3v) is 2.59. The summed E-state index contributed by atoms with van der Waals surface area (Å²) < 4.78 is 10.3. The Hall–Kier alpha value is -1.36. The van der Waals surface area contributed by atoms with Crippen LogP contribution in [0.2, 0.25) is 0 Å². The van der Waals surface area contributed by atoms with Gasteiger partial charge in [0, 0.05) is 18.2 Å². The van der Waals surface area contributed by atoms with Crippen LogP contribution in [0.3, 0.4) is 0 Å². The number of hydrogen-bond acceptors (Lipinski definition) is 5. The van der Waals surface area contributed by atoms with Crippen molar-refractivity contribution in [3.8, 4) is 11.9 Å². The summed E-state index contributed by atoms with van der Waals surface area (Å²) >= 11 is 0. The molecule has 2 rings (SSSR count). The molecule has 5 heteroatoms. The lowest BCUT2D eigenvalue weighted by Crippen LogP contribution is -2.29. The van der Waals surface area contributed by atoms with Gasteiger partial charge in [-0.1, -0.05) is 0 Å². The molecule has 0 fully saturated rings. The van der Waals surface area contributed by atoms with Crippen LogP contribution in [-0.4, -0.2) is 30.7 Å². The third-order valence-electron chi connectivity index (χ3n) is 2.59. The number of hydrogen-bond donors (Lipinski definition) is 1. The highest BCUT2D eigenvalue weighted by molar-refractivity contribution is 5.36. The topological polar surface area (TPSA) is 56.3 Å². The Morgan fingerprint density at radius 2 is 2.07 bits per heavy atom. The summed E-state index contributed by atoms with van der Waals surface area (Å²) in [4.78, 5) is 8.52. The summed E-state index contributed by atoms with van der Waals surface area (Å²) in [7, 11) is 3.18. The molecule has 1 atom stereocenters. The zero-order valence-electron chi connectivity index (χ0n) is 9.20. The molecule has 15 heavy (non-hydrogen) atoms. The second kappa shape index (κ2) is 4.02. The van der Waals surface area contributed by atoms with Crippen LogP contribution in [0, 0.1) is 0 Å². The van der Waals surface area contributed by atoms with Crippen molar-refractivity contribution >= 4 is 0 Å². The van der Waals surface area contributed by atoms with E-state index in [4.69, 9.17) is 9.47 Å². The van der Waals surface area contributed by atoms with E-state index in [0.717, 1.165) is 24.2 Å². The monoisotopic (exact) mass is 209 g/mol. The minimum absolute atomic E-state index is 0.222. The molecule has 1 unspecified atom stereocenters. The molecule has 1 aliphatic heterocycles. The van der Waals surface area contributed by atoms with Crippen LogP contribution < -0.4 is 14.8 Å². The summed E-state index contributed by atoms with van der Waals surface area (Å²) in [5.74, 6) is 0.630. The van der Waals surface area contributed by atoms with Crippen molar-refractivity contribution in [3.63, 3.8) is 0 Å². The van der Waals surface area contributed by atoms with Crippen LogP contribution in [0.15, 0.2) is 0 Å². The van der Waals surface area contributed by atoms with Gasteiger partial charge in [-0.15, -0.1) is 0 Å². The second-order valence-corrected chi connectivity index (χ2v) is 3.51. The lowest BCUT2D eigenvalue weighted by atomic mass is 10.0. The Morgan fingerprint density at radius 3 is 2.73 bits per heavy atom. The van der Waals surface area contributed by atoms with Crippen molar-refractivity contribution in [1.29, 1.82) is 0 Å². The fraction of sp³-hybridized carbons (Fsp3) is 0.600.